The van der Waals surface area contributed by atoms with Crippen molar-refractivity contribution in [1.29, 1.82) is 0 Å². The van der Waals surface area contributed by atoms with Crippen molar-refractivity contribution in [2.45, 2.75) is 45.1 Å². The first kappa shape index (κ1) is 11.4. The number of furan rings is 1. The fourth-order valence-electron chi connectivity index (χ4n) is 2.07. The van der Waals surface area contributed by atoms with E-state index < -0.39 is 0 Å². The van der Waals surface area contributed by atoms with Gasteiger partial charge in [0.15, 0.2) is 11.5 Å². The summed E-state index contributed by atoms with van der Waals surface area (Å²) in [6.07, 6.45) is 5.14. The van der Waals surface area contributed by atoms with Crippen molar-refractivity contribution in [3.05, 3.63) is 23.7 Å². The standard InChI is InChI=1S/C13H18O3/c1-10-7-8-13(16-10)12(14)6-2-4-11-5-3-9-15-11/h7-8,11H,2-6,9H2,1H3. The highest BCUT2D eigenvalue weighted by molar-refractivity contribution is 5.93. The van der Waals surface area contributed by atoms with E-state index in [0.717, 1.165) is 38.1 Å². The van der Waals surface area contributed by atoms with Crippen molar-refractivity contribution >= 4 is 5.78 Å². The molecule has 3 heteroatoms. The first-order valence-corrected chi connectivity index (χ1v) is 5.97. The molecule has 0 aromatic carbocycles. The van der Waals surface area contributed by atoms with Gasteiger partial charge in [0.2, 0.25) is 0 Å². The number of carbonyl (C=O) groups excluding carboxylic acids is 1. The Morgan fingerprint density at radius 3 is 3.00 bits per heavy atom. The van der Waals surface area contributed by atoms with E-state index in [-0.39, 0.29) is 5.78 Å². The lowest BCUT2D eigenvalue weighted by Crippen LogP contribution is -2.06. The molecule has 0 saturated carbocycles. The van der Waals surface area contributed by atoms with Crippen molar-refractivity contribution in [2.24, 2.45) is 0 Å². The summed E-state index contributed by atoms with van der Waals surface area (Å²) in [5, 5.41) is 0. The molecule has 1 saturated heterocycles. The van der Waals surface area contributed by atoms with Crippen LogP contribution < -0.4 is 0 Å². The molecule has 0 N–H and O–H groups in total. The number of hydrogen-bond donors (Lipinski definition) is 0. The van der Waals surface area contributed by atoms with E-state index in [1.165, 1.54) is 0 Å². The minimum Gasteiger partial charge on any atom is -0.458 e. The number of ether oxygens (including phenoxy) is 1. The largest absolute Gasteiger partial charge is 0.458 e. The maximum absolute atomic E-state index is 11.7. The predicted molar refractivity (Wildman–Crippen MR) is 60.6 cm³/mol. The fraction of sp³-hybridized carbons (Fsp3) is 0.615. The minimum absolute atomic E-state index is 0.103. The van der Waals surface area contributed by atoms with Gasteiger partial charge >= 0.3 is 0 Å². The molecule has 16 heavy (non-hydrogen) atoms. The molecule has 1 aromatic heterocycles. The third-order valence-corrected chi connectivity index (χ3v) is 2.97. The maximum Gasteiger partial charge on any atom is 0.197 e. The molecule has 0 radical (unpaired) electrons. The van der Waals surface area contributed by atoms with Gasteiger partial charge in [-0.3, -0.25) is 4.79 Å². The summed E-state index contributed by atoms with van der Waals surface area (Å²) in [5.74, 6) is 1.39. The van der Waals surface area contributed by atoms with E-state index in [1.807, 2.05) is 13.0 Å². The van der Waals surface area contributed by atoms with Crippen molar-refractivity contribution in [1.82, 2.24) is 0 Å². The number of carbonyl (C=O) groups is 1. The Kier molecular flexibility index (Phi) is 3.78. The lowest BCUT2D eigenvalue weighted by Gasteiger charge is -2.07. The highest BCUT2D eigenvalue weighted by atomic mass is 16.5. The van der Waals surface area contributed by atoms with E-state index in [0.29, 0.717) is 18.3 Å². The van der Waals surface area contributed by atoms with Gasteiger partial charge in [0.05, 0.1) is 6.10 Å². The Balaban J connectivity index is 1.71. The molecule has 1 aliphatic rings. The van der Waals surface area contributed by atoms with Gasteiger partial charge in [-0.1, -0.05) is 0 Å². The van der Waals surface area contributed by atoms with Gasteiger partial charge in [0.1, 0.15) is 5.76 Å². The first-order chi connectivity index (χ1) is 7.75. The topological polar surface area (TPSA) is 39.4 Å². The SMILES string of the molecule is Cc1ccc(C(=O)CCCC2CCCO2)o1. The summed E-state index contributed by atoms with van der Waals surface area (Å²) in [6, 6.07) is 3.58. The third-order valence-electron chi connectivity index (χ3n) is 2.97. The van der Waals surface area contributed by atoms with E-state index in [2.05, 4.69) is 0 Å². The Morgan fingerprint density at radius 1 is 1.50 bits per heavy atom. The Labute approximate surface area is 95.8 Å². The molecule has 88 valence electrons. The van der Waals surface area contributed by atoms with Gasteiger partial charge in [-0.05, 0) is 44.7 Å². The average molecular weight is 222 g/mol. The highest BCUT2D eigenvalue weighted by Crippen LogP contribution is 2.18. The molecule has 1 aliphatic heterocycles. The van der Waals surface area contributed by atoms with Crippen LogP contribution in [0.25, 0.3) is 0 Å². The van der Waals surface area contributed by atoms with Crippen molar-refractivity contribution in [3.63, 3.8) is 0 Å². The first-order valence-electron chi connectivity index (χ1n) is 5.97. The van der Waals surface area contributed by atoms with Crippen LogP contribution >= 0.6 is 0 Å². The van der Waals surface area contributed by atoms with Crippen LogP contribution in [0, 0.1) is 6.92 Å². The van der Waals surface area contributed by atoms with Gasteiger partial charge in [-0.2, -0.15) is 0 Å². The summed E-state index contributed by atoms with van der Waals surface area (Å²) in [7, 11) is 0. The zero-order valence-corrected chi connectivity index (χ0v) is 9.70. The van der Waals surface area contributed by atoms with Gasteiger partial charge in [0.25, 0.3) is 0 Å². The summed E-state index contributed by atoms with van der Waals surface area (Å²) in [6.45, 7) is 2.74. The molecular formula is C13H18O3. The Bertz CT molecular complexity index is 348. The highest BCUT2D eigenvalue weighted by Gasteiger charge is 2.16. The second-order valence-electron chi connectivity index (χ2n) is 4.36. The summed E-state index contributed by atoms with van der Waals surface area (Å²) in [5.41, 5.74) is 0. The summed E-state index contributed by atoms with van der Waals surface area (Å²) in [4.78, 5) is 11.7. The zero-order chi connectivity index (χ0) is 11.4. The molecule has 3 nitrogen and oxygen atoms in total. The van der Waals surface area contributed by atoms with E-state index in [4.69, 9.17) is 9.15 Å². The van der Waals surface area contributed by atoms with Crippen LogP contribution in [0.1, 0.15) is 48.4 Å². The Morgan fingerprint density at radius 2 is 2.38 bits per heavy atom. The van der Waals surface area contributed by atoms with E-state index in [9.17, 15) is 4.79 Å². The lowest BCUT2D eigenvalue weighted by atomic mass is 10.1. The van der Waals surface area contributed by atoms with Crippen LogP contribution in [0.5, 0.6) is 0 Å². The minimum atomic E-state index is 0.103. The number of hydrogen-bond acceptors (Lipinski definition) is 3. The van der Waals surface area contributed by atoms with Crippen LogP contribution in [0.4, 0.5) is 0 Å². The number of ketones is 1. The van der Waals surface area contributed by atoms with Crippen molar-refractivity contribution in [3.8, 4) is 0 Å². The molecule has 1 unspecified atom stereocenters. The van der Waals surface area contributed by atoms with Crippen LogP contribution in [0.15, 0.2) is 16.5 Å². The van der Waals surface area contributed by atoms with Gasteiger partial charge in [-0.15, -0.1) is 0 Å². The monoisotopic (exact) mass is 222 g/mol. The van der Waals surface area contributed by atoms with Gasteiger partial charge in [0, 0.05) is 13.0 Å². The molecule has 1 atom stereocenters. The molecular weight excluding hydrogens is 204 g/mol. The van der Waals surface area contributed by atoms with Gasteiger partial charge < -0.3 is 9.15 Å². The third kappa shape index (κ3) is 2.95. The number of rotatable bonds is 5. The quantitative estimate of drug-likeness (QED) is 0.718. The molecule has 1 aromatic rings. The average Bonchev–Trinajstić information content (AvgIpc) is 2.89. The number of aryl methyl sites for hydroxylation is 1. The molecule has 0 amide bonds. The van der Waals surface area contributed by atoms with Gasteiger partial charge in [-0.25, -0.2) is 0 Å². The van der Waals surface area contributed by atoms with E-state index >= 15 is 0 Å². The van der Waals surface area contributed by atoms with Crippen LogP contribution in [-0.4, -0.2) is 18.5 Å². The Hall–Kier alpha value is -1.09. The molecule has 0 spiro atoms. The molecule has 1 fully saturated rings. The molecule has 0 bridgehead atoms. The zero-order valence-electron chi connectivity index (χ0n) is 9.70. The molecule has 2 rings (SSSR count). The van der Waals surface area contributed by atoms with E-state index in [1.54, 1.807) is 6.07 Å². The fourth-order valence-corrected chi connectivity index (χ4v) is 2.07. The lowest BCUT2D eigenvalue weighted by molar-refractivity contribution is 0.0902. The normalized spacial score (nSPS) is 20.2. The molecule has 0 aliphatic carbocycles. The summed E-state index contributed by atoms with van der Waals surface area (Å²) < 4.78 is 10.8. The summed E-state index contributed by atoms with van der Waals surface area (Å²) >= 11 is 0. The number of Topliss-reactive ketones (excluding diaryl/α,β-unsaturated/α-hetero) is 1. The van der Waals surface area contributed by atoms with Crippen LogP contribution in [0.2, 0.25) is 0 Å². The smallest absolute Gasteiger partial charge is 0.197 e. The van der Waals surface area contributed by atoms with Crippen molar-refractivity contribution in [2.75, 3.05) is 6.61 Å². The molecule has 2 heterocycles. The van der Waals surface area contributed by atoms with Crippen LogP contribution in [-0.2, 0) is 4.74 Å². The maximum atomic E-state index is 11.7. The van der Waals surface area contributed by atoms with Crippen LogP contribution in [0.3, 0.4) is 0 Å². The second kappa shape index (κ2) is 5.30. The second-order valence-corrected chi connectivity index (χ2v) is 4.36. The van der Waals surface area contributed by atoms with Crippen molar-refractivity contribution < 1.29 is 13.9 Å². The predicted octanol–water partition coefficient (Wildman–Crippen LogP) is 3.12.